The van der Waals surface area contributed by atoms with Gasteiger partial charge in [-0.15, -0.1) is 0 Å². The lowest BCUT2D eigenvalue weighted by molar-refractivity contribution is -0.150. The molecule has 5 aliphatic carbocycles. The summed E-state index contributed by atoms with van der Waals surface area (Å²) >= 11 is 0. The Hall–Kier alpha value is -1.35. The molecule has 0 aromatic heterocycles. The van der Waals surface area contributed by atoms with Crippen LogP contribution in [0.15, 0.2) is 24.3 Å². The first-order valence-electron chi connectivity index (χ1n) is 10.6. The monoisotopic (exact) mass is 352 g/mol. The van der Waals surface area contributed by atoms with Gasteiger partial charge in [-0.1, -0.05) is 29.8 Å². The average molecular weight is 353 g/mol. The summed E-state index contributed by atoms with van der Waals surface area (Å²) in [5.74, 6) is 2.40. The number of rotatable bonds is 5. The second-order valence-electron chi connectivity index (χ2n) is 10.0. The minimum atomic E-state index is -0.142. The predicted octanol–water partition coefficient (Wildman–Crippen LogP) is 3.69. The van der Waals surface area contributed by atoms with Gasteiger partial charge in [-0.05, 0) is 87.0 Å². The van der Waals surface area contributed by atoms with Gasteiger partial charge in [-0.2, -0.15) is 0 Å². The van der Waals surface area contributed by atoms with E-state index in [1.54, 1.807) is 0 Å². The molecule has 3 atom stereocenters. The van der Waals surface area contributed by atoms with Crippen LogP contribution in [-0.4, -0.2) is 18.5 Å². The predicted molar refractivity (Wildman–Crippen MR) is 104 cm³/mol. The highest BCUT2D eigenvalue weighted by molar-refractivity contribution is 5.84. The van der Waals surface area contributed by atoms with Crippen molar-refractivity contribution in [1.29, 1.82) is 0 Å². The van der Waals surface area contributed by atoms with Gasteiger partial charge in [-0.3, -0.25) is 4.79 Å². The number of amides is 1. The Morgan fingerprint density at radius 3 is 2.38 bits per heavy atom. The molecule has 5 saturated carbocycles. The summed E-state index contributed by atoms with van der Waals surface area (Å²) in [4.78, 5) is 13.5. The van der Waals surface area contributed by atoms with Crippen LogP contribution in [0.3, 0.4) is 0 Å². The van der Waals surface area contributed by atoms with Crippen molar-refractivity contribution in [2.75, 3.05) is 6.54 Å². The Morgan fingerprint density at radius 2 is 1.81 bits per heavy atom. The molecule has 140 valence electrons. The highest BCUT2D eigenvalue weighted by Gasteiger charge is 2.61. The van der Waals surface area contributed by atoms with E-state index in [1.165, 1.54) is 43.2 Å². The van der Waals surface area contributed by atoms with Crippen molar-refractivity contribution >= 4 is 5.91 Å². The molecular formula is C23H32N2O. The lowest BCUT2D eigenvalue weighted by Gasteiger charge is -2.61. The summed E-state index contributed by atoms with van der Waals surface area (Å²) in [6, 6.07) is 9.36. The Bertz CT molecular complexity index is 691. The highest BCUT2D eigenvalue weighted by Crippen LogP contribution is 2.65. The first-order valence-corrected chi connectivity index (χ1v) is 10.6. The number of carbonyl (C=O) groups excluding carboxylic acids is 1. The van der Waals surface area contributed by atoms with Crippen molar-refractivity contribution in [2.24, 2.45) is 28.9 Å². The molecule has 6 rings (SSSR count). The maximum Gasteiger partial charge on any atom is 0.226 e. The molecule has 1 aromatic rings. The molecule has 4 bridgehead atoms. The molecule has 3 N–H and O–H groups in total. The molecule has 0 saturated heterocycles. The van der Waals surface area contributed by atoms with Crippen molar-refractivity contribution in [2.45, 2.75) is 69.7 Å². The van der Waals surface area contributed by atoms with E-state index in [4.69, 9.17) is 5.73 Å². The summed E-state index contributed by atoms with van der Waals surface area (Å²) in [5.41, 5.74) is 8.86. The molecule has 5 fully saturated rings. The third kappa shape index (κ3) is 2.62. The molecule has 0 radical (unpaired) electrons. The molecule has 5 aliphatic rings. The van der Waals surface area contributed by atoms with Gasteiger partial charge in [-0.25, -0.2) is 0 Å². The maximum atomic E-state index is 13.5. The van der Waals surface area contributed by atoms with Gasteiger partial charge >= 0.3 is 0 Å². The Kier molecular flexibility index (Phi) is 3.76. The molecule has 26 heavy (non-hydrogen) atoms. The quantitative estimate of drug-likeness (QED) is 0.849. The molecule has 1 amide bonds. The van der Waals surface area contributed by atoms with Crippen LogP contribution in [0.2, 0.25) is 0 Å². The number of hydrogen-bond donors (Lipinski definition) is 2. The Balaban J connectivity index is 1.44. The first kappa shape index (κ1) is 16.8. The number of nitrogens with two attached hydrogens (primary N) is 1. The lowest BCUT2D eigenvalue weighted by Crippen LogP contribution is -2.60. The van der Waals surface area contributed by atoms with Crippen LogP contribution in [0.25, 0.3) is 0 Å². The fourth-order valence-electron chi connectivity index (χ4n) is 6.96. The smallest absolute Gasteiger partial charge is 0.226 e. The van der Waals surface area contributed by atoms with E-state index in [0.29, 0.717) is 18.4 Å². The first-order chi connectivity index (χ1) is 12.5. The lowest BCUT2D eigenvalue weighted by atomic mass is 9.42. The van der Waals surface area contributed by atoms with Crippen molar-refractivity contribution in [1.82, 2.24) is 5.32 Å². The fraction of sp³-hybridized carbons (Fsp3) is 0.696. The zero-order chi connectivity index (χ0) is 17.9. The van der Waals surface area contributed by atoms with Gasteiger partial charge in [0.05, 0.1) is 5.41 Å². The molecule has 3 nitrogen and oxygen atoms in total. The summed E-state index contributed by atoms with van der Waals surface area (Å²) in [6.07, 6.45) is 9.61. The van der Waals surface area contributed by atoms with Gasteiger partial charge in [0.15, 0.2) is 0 Å². The van der Waals surface area contributed by atoms with Crippen LogP contribution in [0, 0.1) is 30.1 Å². The summed E-state index contributed by atoms with van der Waals surface area (Å²) in [5, 5.41) is 3.40. The zero-order valence-electron chi connectivity index (χ0n) is 16.0. The summed E-state index contributed by atoms with van der Waals surface area (Å²) in [7, 11) is 0. The van der Waals surface area contributed by atoms with Crippen LogP contribution in [0.4, 0.5) is 0 Å². The second-order valence-corrected chi connectivity index (χ2v) is 10.0. The van der Waals surface area contributed by atoms with Gasteiger partial charge < -0.3 is 11.1 Å². The summed E-state index contributed by atoms with van der Waals surface area (Å²) < 4.78 is 0. The third-order valence-corrected chi connectivity index (χ3v) is 7.97. The number of benzene rings is 1. The van der Waals surface area contributed by atoms with Gasteiger partial charge in [0.25, 0.3) is 0 Å². The van der Waals surface area contributed by atoms with E-state index in [9.17, 15) is 4.79 Å². The van der Waals surface area contributed by atoms with E-state index < -0.39 is 0 Å². The number of nitrogens with one attached hydrogen (secondary N) is 1. The fourth-order valence-corrected chi connectivity index (χ4v) is 6.96. The van der Waals surface area contributed by atoms with Gasteiger partial charge in [0.1, 0.15) is 0 Å². The summed E-state index contributed by atoms with van der Waals surface area (Å²) in [6.45, 7) is 2.74. The van der Waals surface area contributed by atoms with E-state index in [2.05, 4.69) is 36.5 Å². The van der Waals surface area contributed by atoms with E-state index in [-0.39, 0.29) is 16.9 Å². The second kappa shape index (κ2) is 5.82. The van der Waals surface area contributed by atoms with E-state index in [0.717, 1.165) is 31.1 Å². The normalized spacial score (nSPS) is 39.0. The van der Waals surface area contributed by atoms with Crippen LogP contribution in [0.1, 0.15) is 62.5 Å². The number of aryl methyl sites for hydroxylation is 1. The van der Waals surface area contributed by atoms with Crippen molar-refractivity contribution in [3.8, 4) is 0 Å². The van der Waals surface area contributed by atoms with Gasteiger partial charge in [0.2, 0.25) is 5.91 Å². The average Bonchev–Trinajstić information content (AvgIpc) is 3.43. The van der Waals surface area contributed by atoms with Crippen molar-refractivity contribution < 1.29 is 4.79 Å². The Morgan fingerprint density at radius 1 is 1.15 bits per heavy atom. The maximum absolute atomic E-state index is 13.5. The third-order valence-electron chi connectivity index (χ3n) is 7.97. The van der Waals surface area contributed by atoms with Gasteiger partial charge in [0, 0.05) is 12.6 Å². The molecule has 1 aromatic carbocycles. The van der Waals surface area contributed by atoms with Crippen LogP contribution >= 0.6 is 0 Å². The largest absolute Gasteiger partial charge is 0.351 e. The molecule has 0 aliphatic heterocycles. The zero-order valence-corrected chi connectivity index (χ0v) is 16.0. The number of carbonyl (C=O) groups is 1. The molecular weight excluding hydrogens is 320 g/mol. The molecule has 3 heteroatoms. The standard InChI is InChI=1S/C23H32N2O/c1-15-2-6-19(7-3-15)22-9-16-8-17(10-22)12-23(11-16,14-22)21(26)25-20(13-24)18-4-5-18/h2-3,6-7,16-18,20H,4-5,8-14,24H2,1H3,(H,25,26). The minimum absolute atomic E-state index is 0.142. The van der Waals surface area contributed by atoms with E-state index in [1.807, 2.05) is 0 Å². The highest BCUT2D eigenvalue weighted by atomic mass is 16.2. The van der Waals surface area contributed by atoms with Crippen LogP contribution in [0.5, 0.6) is 0 Å². The van der Waals surface area contributed by atoms with E-state index >= 15 is 0 Å². The minimum Gasteiger partial charge on any atom is -0.351 e. The van der Waals surface area contributed by atoms with Crippen LogP contribution in [-0.2, 0) is 10.2 Å². The molecule has 0 spiro atoms. The van der Waals surface area contributed by atoms with Crippen LogP contribution < -0.4 is 11.1 Å². The molecule has 0 heterocycles. The topological polar surface area (TPSA) is 55.1 Å². The van der Waals surface area contributed by atoms with Crippen molar-refractivity contribution in [3.63, 3.8) is 0 Å². The Labute approximate surface area is 157 Å². The molecule has 3 unspecified atom stereocenters. The SMILES string of the molecule is Cc1ccc(C23CC4CC(CC(C(=O)NC(CN)C5CC5)(C4)C2)C3)cc1. The van der Waals surface area contributed by atoms with Crippen molar-refractivity contribution in [3.05, 3.63) is 35.4 Å². The number of hydrogen-bond acceptors (Lipinski definition) is 2.